The molecule has 3 rings (SSSR count). The molecule has 8 nitrogen and oxygen atoms in total. The van der Waals surface area contributed by atoms with Crippen LogP contribution in [0.1, 0.15) is 39.0 Å². The van der Waals surface area contributed by atoms with Crippen LogP contribution >= 0.6 is 11.8 Å². The van der Waals surface area contributed by atoms with Gasteiger partial charge in [-0.05, 0) is 12.8 Å². The normalized spacial score (nSPS) is 26.0. The number of nitrogens with zero attached hydrogens (tertiary/aromatic N) is 1. The monoisotopic (exact) mass is 382 g/mol. The maximum atomic E-state index is 12.5. The number of β-lactam (4-membered cyclic amide) rings is 1. The smallest absolute Gasteiger partial charge is 0.352 e. The number of hydrogen-bond acceptors (Lipinski definition) is 6. The number of aliphatic carboxylic acids is 1. The minimum absolute atomic E-state index is 0.0618. The molecule has 2 fully saturated rings. The Balaban J connectivity index is 1.69. The molecule has 1 saturated carbocycles. The molecular weight excluding hydrogens is 360 g/mol. The first-order chi connectivity index (χ1) is 12.4. The van der Waals surface area contributed by atoms with E-state index in [1.165, 1.54) is 23.6 Å². The van der Waals surface area contributed by atoms with E-state index in [9.17, 15) is 24.3 Å². The van der Waals surface area contributed by atoms with E-state index in [-0.39, 0.29) is 24.1 Å². The third kappa shape index (κ3) is 3.58. The summed E-state index contributed by atoms with van der Waals surface area (Å²) in [7, 11) is 0. The summed E-state index contributed by atoms with van der Waals surface area (Å²) in [5, 5.41) is 11.9. The first-order valence-corrected chi connectivity index (χ1v) is 9.78. The fraction of sp³-hybridized carbons (Fsp3) is 0.647. The first kappa shape index (κ1) is 18.8. The maximum Gasteiger partial charge on any atom is 0.352 e. The molecule has 0 aromatic heterocycles. The van der Waals surface area contributed by atoms with Gasteiger partial charge >= 0.3 is 11.9 Å². The molecule has 2 atom stereocenters. The van der Waals surface area contributed by atoms with Gasteiger partial charge in [-0.15, -0.1) is 11.8 Å². The molecule has 0 aromatic rings. The van der Waals surface area contributed by atoms with Crippen molar-refractivity contribution in [2.45, 2.75) is 50.4 Å². The highest BCUT2D eigenvalue weighted by Crippen LogP contribution is 2.40. The molecule has 3 aliphatic rings. The number of thioether (sulfide) groups is 1. The Morgan fingerprint density at radius 3 is 2.58 bits per heavy atom. The summed E-state index contributed by atoms with van der Waals surface area (Å²) in [6.45, 7) is 1.09. The molecule has 0 aromatic carbocycles. The zero-order valence-corrected chi connectivity index (χ0v) is 15.3. The van der Waals surface area contributed by atoms with Gasteiger partial charge in [-0.1, -0.05) is 19.3 Å². The second-order valence-electron chi connectivity index (χ2n) is 6.77. The second kappa shape index (κ2) is 7.69. The summed E-state index contributed by atoms with van der Waals surface area (Å²) in [6, 6.07) is -0.695. The first-order valence-electron chi connectivity index (χ1n) is 8.74. The van der Waals surface area contributed by atoms with Gasteiger partial charge in [-0.25, -0.2) is 4.79 Å². The van der Waals surface area contributed by atoms with Crippen molar-refractivity contribution in [1.29, 1.82) is 0 Å². The van der Waals surface area contributed by atoms with E-state index in [1.807, 2.05) is 0 Å². The van der Waals surface area contributed by atoms with Crippen LogP contribution in [0.25, 0.3) is 0 Å². The summed E-state index contributed by atoms with van der Waals surface area (Å²) in [4.78, 5) is 48.7. The van der Waals surface area contributed by atoms with E-state index < -0.39 is 29.3 Å². The molecule has 0 bridgehead atoms. The topological polar surface area (TPSA) is 113 Å². The number of fused-ring (bicyclic) bond motifs is 1. The number of carboxylic acid groups (broad SMARTS) is 1. The predicted octanol–water partition coefficient (Wildman–Crippen LogP) is 0.868. The van der Waals surface area contributed by atoms with Crippen LogP contribution in [0.4, 0.5) is 0 Å². The number of carboxylic acids is 1. The fourth-order valence-corrected chi connectivity index (χ4v) is 4.95. The number of esters is 1. The quantitative estimate of drug-likeness (QED) is 0.536. The molecule has 0 unspecified atom stereocenters. The van der Waals surface area contributed by atoms with Crippen molar-refractivity contribution in [1.82, 2.24) is 10.2 Å². The lowest BCUT2D eigenvalue weighted by Crippen LogP contribution is -2.71. The van der Waals surface area contributed by atoms with Gasteiger partial charge in [0.05, 0.1) is 0 Å². The van der Waals surface area contributed by atoms with Crippen LogP contribution in [-0.2, 0) is 23.9 Å². The van der Waals surface area contributed by atoms with Gasteiger partial charge in [-0.2, -0.15) is 0 Å². The molecular formula is C17H22N2O6S. The number of nitrogens with one attached hydrogen (secondary N) is 1. The van der Waals surface area contributed by atoms with E-state index in [2.05, 4.69) is 5.32 Å². The van der Waals surface area contributed by atoms with Crippen molar-refractivity contribution in [3.05, 3.63) is 11.3 Å². The second-order valence-corrected chi connectivity index (χ2v) is 7.87. The average Bonchev–Trinajstić information content (AvgIpc) is 2.63. The maximum absolute atomic E-state index is 12.5. The Hall–Kier alpha value is -2.03. The Bertz CT molecular complexity index is 670. The number of rotatable bonds is 5. The molecule has 0 spiro atoms. The van der Waals surface area contributed by atoms with Crippen LogP contribution in [0.5, 0.6) is 0 Å². The number of amides is 2. The molecule has 26 heavy (non-hydrogen) atoms. The standard InChI is InChI=1S/C17H22N2O6S/c1-9(20)25-7-11-8-26-16-12(15(22)19(16)13(11)17(23)24)18-14(21)10-5-3-2-4-6-10/h10,12,16H,2-8H2,1H3,(H,18,21)(H,23,24)/t12-,16+/m1/s1. The number of ether oxygens (including phenoxy) is 1. The summed E-state index contributed by atoms with van der Waals surface area (Å²) in [5.41, 5.74) is 0.252. The van der Waals surface area contributed by atoms with Gasteiger partial charge in [0.2, 0.25) is 5.91 Å². The summed E-state index contributed by atoms with van der Waals surface area (Å²) < 4.78 is 4.89. The molecule has 9 heteroatoms. The van der Waals surface area contributed by atoms with Crippen molar-refractivity contribution in [2.24, 2.45) is 5.92 Å². The van der Waals surface area contributed by atoms with Crippen LogP contribution in [0, 0.1) is 5.92 Å². The lowest BCUT2D eigenvalue weighted by molar-refractivity contribution is -0.151. The zero-order valence-electron chi connectivity index (χ0n) is 14.5. The van der Waals surface area contributed by atoms with E-state index in [0.29, 0.717) is 11.3 Å². The molecule has 2 aliphatic heterocycles. The molecule has 1 aliphatic carbocycles. The lowest BCUT2D eigenvalue weighted by Gasteiger charge is -2.49. The van der Waals surface area contributed by atoms with E-state index in [0.717, 1.165) is 32.1 Å². The molecule has 2 N–H and O–H groups in total. The Morgan fingerprint density at radius 1 is 1.27 bits per heavy atom. The Morgan fingerprint density at radius 2 is 1.96 bits per heavy atom. The molecule has 2 heterocycles. The predicted molar refractivity (Wildman–Crippen MR) is 92.9 cm³/mol. The summed E-state index contributed by atoms with van der Waals surface area (Å²) >= 11 is 1.37. The third-order valence-corrected chi connectivity index (χ3v) is 6.31. The summed E-state index contributed by atoms with van der Waals surface area (Å²) in [5.74, 6) is -2.02. The highest BCUT2D eigenvalue weighted by molar-refractivity contribution is 8.00. The van der Waals surface area contributed by atoms with Crippen molar-refractivity contribution in [3.8, 4) is 0 Å². The van der Waals surface area contributed by atoms with Crippen molar-refractivity contribution in [2.75, 3.05) is 12.4 Å². The van der Waals surface area contributed by atoms with E-state index in [4.69, 9.17) is 4.74 Å². The largest absolute Gasteiger partial charge is 0.477 e. The minimum atomic E-state index is -1.23. The summed E-state index contributed by atoms with van der Waals surface area (Å²) in [6.07, 6.45) is 4.84. The van der Waals surface area contributed by atoms with Gasteiger partial charge in [0.25, 0.3) is 5.91 Å². The highest BCUT2D eigenvalue weighted by Gasteiger charge is 2.54. The molecule has 2 amide bonds. The van der Waals surface area contributed by atoms with Crippen LogP contribution in [0.3, 0.4) is 0 Å². The van der Waals surface area contributed by atoms with Gasteiger partial charge in [0.15, 0.2) is 0 Å². The van der Waals surface area contributed by atoms with Crippen LogP contribution < -0.4 is 5.32 Å². The number of carbonyl (C=O) groups excluding carboxylic acids is 3. The SMILES string of the molecule is CC(=O)OCC1=C(C(=O)O)N2C(=O)[C@@H](NC(=O)C3CCCCC3)[C@@H]2SC1. The molecule has 142 valence electrons. The fourth-order valence-electron chi connectivity index (χ4n) is 3.62. The third-order valence-electron chi connectivity index (χ3n) is 4.97. The van der Waals surface area contributed by atoms with E-state index in [1.54, 1.807) is 0 Å². The van der Waals surface area contributed by atoms with Gasteiger partial charge in [-0.3, -0.25) is 19.3 Å². The van der Waals surface area contributed by atoms with E-state index >= 15 is 0 Å². The number of hydrogen-bond donors (Lipinski definition) is 2. The Labute approximate surface area is 155 Å². The highest BCUT2D eigenvalue weighted by atomic mass is 32.2. The van der Waals surface area contributed by atoms with Crippen LogP contribution in [0.2, 0.25) is 0 Å². The zero-order chi connectivity index (χ0) is 18.8. The van der Waals surface area contributed by atoms with Crippen LogP contribution in [-0.4, -0.2) is 57.5 Å². The average molecular weight is 382 g/mol. The Kier molecular flexibility index (Phi) is 5.55. The minimum Gasteiger partial charge on any atom is -0.477 e. The van der Waals surface area contributed by atoms with Crippen LogP contribution in [0.15, 0.2) is 11.3 Å². The lowest BCUT2D eigenvalue weighted by atomic mass is 9.88. The van der Waals surface area contributed by atoms with Gasteiger partial charge in [0.1, 0.15) is 23.7 Å². The van der Waals surface area contributed by atoms with Crippen molar-refractivity contribution >= 4 is 35.5 Å². The van der Waals surface area contributed by atoms with Crippen molar-refractivity contribution < 1.29 is 29.0 Å². The van der Waals surface area contributed by atoms with Gasteiger partial charge in [0, 0.05) is 24.2 Å². The van der Waals surface area contributed by atoms with Gasteiger partial charge < -0.3 is 15.2 Å². The van der Waals surface area contributed by atoms with Crippen molar-refractivity contribution in [3.63, 3.8) is 0 Å². The molecule has 1 saturated heterocycles. The number of carbonyl (C=O) groups is 4. The molecule has 0 radical (unpaired) electrons.